The number of benzene rings is 1. The van der Waals surface area contributed by atoms with Gasteiger partial charge in [-0.25, -0.2) is 0 Å². The summed E-state index contributed by atoms with van der Waals surface area (Å²) in [5, 5.41) is 4.30. The van der Waals surface area contributed by atoms with Gasteiger partial charge in [0, 0.05) is 5.02 Å². The van der Waals surface area contributed by atoms with Gasteiger partial charge >= 0.3 is 0 Å². The van der Waals surface area contributed by atoms with E-state index in [1.807, 2.05) is 31.2 Å². The van der Waals surface area contributed by atoms with E-state index < -0.39 is 0 Å². The second kappa shape index (κ2) is 4.76. The van der Waals surface area contributed by atoms with Gasteiger partial charge in [0.25, 0.3) is 5.91 Å². The second-order valence-corrected chi connectivity index (χ2v) is 6.04. The zero-order valence-corrected chi connectivity index (χ0v) is 12.2. The number of carbonyl (C=O) groups is 1. The molecule has 1 aromatic rings. The van der Waals surface area contributed by atoms with Crippen LogP contribution in [0.15, 0.2) is 24.3 Å². The summed E-state index contributed by atoms with van der Waals surface area (Å²) in [5.74, 6) is 0.576. The largest absolute Gasteiger partial charge is 0.351 e. The molecule has 1 aliphatic carbocycles. The molecule has 3 nitrogen and oxygen atoms in total. The monoisotopic (exact) mass is 294 g/mol. The van der Waals surface area contributed by atoms with Gasteiger partial charge in [0.2, 0.25) is 0 Å². The molecule has 1 heterocycles. The highest BCUT2D eigenvalue weighted by Crippen LogP contribution is 2.45. The van der Waals surface area contributed by atoms with Crippen LogP contribution in [0, 0.1) is 5.92 Å². The zero-order chi connectivity index (χ0) is 13.6. The van der Waals surface area contributed by atoms with Crippen molar-refractivity contribution in [2.75, 3.05) is 0 Å². The molecule has 0 spiro atoms. The van der Waals surface area contributed by atoms with E-state index in [-0.39, 0.29) is 18.0 Å². The Morgan fingerprint density at radius 3 is 2.47 bits per heavy atom. The first kappa shape index (κ1) is 12.9. The van der Waals surface area contributed by atoms with Crippen molar-refractivity contribution in [3.63, 3.8) is 0 Å². The standard InChI is InChI=1S/C14H15ClN2OS/c1-8-13(18)17(14(19)16-8)12(9-2-3-9)10-4-6-11(15)7-5-10/h4-9,12H,2-3H2,1H3,(H,16,19)/t8-,12-/m1/s1. The van der Waals surface area contributed by atoms with E-state index in [4.69, 9.17) is 23.8 Å². The highest BCUT2D eigenvalue weighted by molar-refractivity contribution is 7.80. The molecular formula is C14H15ClN2OS. The molecular weight excluding hydrogens is 280 g/mol. The minimum Gasteiger partial charge on any atom is -0.351 e. The maximum Gasteiger partial charge on any atom is 0.251 e. The molecule has 0 unspecified atom stereocenters. The molecule has 2 atom stereocenters. The maximum atomic E-state index is 12.3. The molecule has 1 saturated heterocycles. The normalized spacial score (nSPS) is 24.5. The fraction of sp³-hybridized carbons (Fsp3) is 0.429. The Morgan fingerprint density at radius 2 is 2.00 bits per heavy atom. The molecule has 1 aliphatic heterocycles. The van der Waals surface area contributed by atoms with Crippen LogP contribution in [-0.2, 0) is 4.79 Å². The van der Waals surface area contributed by atoms with Crippen molar-refractivity contribution < 1.29 is 4.79 Å². The van der Waals surface area contributed by atoms with Gasteiger partial charge in [0.1, 0.15) is 6.04 Å². The molecule has 0 bridgehead atoms. The number of nitrogens with one attached hydrogen (secondary N) is 1. The van der Waals surface area contributed by atoms with Crippen molar-refractivity contribution >= 4 is 34.8 Å². The van der Waals surface area contributed by atoms with Crippen molar-refractivity contribution in [1.29, 1.82) is 0 Å². The second-order valence-electron chi connectivity index (χ2n) is 5.21. The maximum absolute atomic E-state index is 12.3. The average Bonchev–Trinajstić information content (AvgIpc) is 3.16. The number of nitrogens with zero attached hydrogens (tertiary/aromatic N) is 1. The number of rotatable bonds is 3. The average molecular weight is 295 g/mol. The summed E-state index contributed by atoms with van der Waals surface area (Å²) < 4.78 is 0. The van der Waals surface area contributed by atoms with Gasteiger partial charge in [0.05, 0.1) is 6.04 Å². The van der Waals surface area contributed by atoms with Crippen molar-refractivity contribution in [3.8, 4) is 0 Å². The fourth-order valence-electron chi connectivity index (χ4n) is 2.59. The number of thiocarbonyl (C=S) groups is 1. The topological polar surface area (TPSA) is 32.3 Å². The predicted octanol–water partition coefficient (Wildman–Crippen LogP) is 2.90. The first-order chi connectivity index (χ1) is 9.08. The van der Waals surface area contributed by atoms with Crippen LogP contribution in [0.3, 0.4) is 0 Å². The van der Waals surface area contributed by atoms with Crippen molar-refractivity contribution in [1.82, 2.24) is 10.2 Å². The van der Waals surface area contributed by atoms with Gasteiger partial charge in [-0.2, -0.15) is 0 Å². The number of halogens is 1. The molecule has 100 valence electrons. The first-order valence-electron chi connectivity index (χ1n) is 6.47. The Labute approximate surface area is 122 Å². The van der Waals surface area contributed by atoms with Gasteiger partial charge in [-0.15, -0.1) is 0 Å². The number of hydrogen-bond acceptors (Lipinski definition) is 2. The predicted molar refractivity (Wildman–Crippen MR) is 79.0 cm³/mol. The molecule has 1 aromatic carbocycles. The molecule has 5 heteroatoms. The Morgan fingerprint density at radius 1 is 1.37 bits per heavy atom. The number of carbonyl (C=O) groups excluding carboxylic acids is 1. The lowest BCUT2D eigenvalue weighted by molar-refractivity contribution is -0.128. The lowest BCUT2D eigenvalue weighted by atomic mass is 10.0. The van der Waals surface area contributed by atoms with Crippen LogP contribution in [0.1, 0.15) is 31.4 Å². The summed E-state index contributed by atoms with van der Waals surface area (Å²) >= 11 is 11.2. The molecule has 0 radical (unpaired) electrons. The highest BCUT2D eigenvalue weighted by Gasteiger charge is 2.44. The SMILES string of the molecule is C[C@H]1NC(=S)N([C@@H](c2ccc(Cl)cc2)C2CC2)C1=O. The minimum atomic E-state index is -0.221. The molecule has 3 rings (SSSR count). The van der Waals surface area contributed by atoms with Crippen LogP contribution in [0.2, 0.25) is 5.02 Å². The van der Waals surface area contributed by atoms with Crippen LogP contribution >= 0.6 is 23.8 Å². The third kappa shape index (κ3) is 2.35. The van der Waals surface area contributed by atoms with Crippen molar-refractivity contribution in [2.45, 2.75) is 31.8 Å². The summed E-state index contributed by atoms with van der Waals surface area (Å²) in [5.41, 5.74) is 1.11. The van der Waals surface area contributed by atoms with Gasteiger partial charge in [-0.1, -0.05) is 23.7 Å². The van der Waals surface area contributed by atoms with E-state index in [2.05, 4.69) is 5.32 Å². The van der Waals surface area contributed by atoms with Gasteiger partial charge in [0.15, 0.2) is 5.11 Å². The molecule has 1 saturated carbocycles. The van der Waals surface area contributed by atoms with E-state index in [9.17, 15) is 4.79 Å². The fourth-order valence-corrected chi connectivity index (χ4v) is 3.10. The van der Waals surface area contributed by atoms with Crippen LogP contribution in [-0.4, -0.2) is 22.0 Å². The lowest BCUT2D eigenvalue weighted by Crippen LogP contribution is -2.36. The van der Waals surface area contributed by atoms with Crippen LogP contribution < -0.4 is 5.32 Å². The van der Waals surface area contributed by atoms with Crippen LogP contribution in [0.5, 0.6) is 0 Å². The summed E-state index contributed by atoms with van der Waals surface area (Å²) in [6.45, 7) is 1.85. The van der Waals surface area contributed by atoms with Gasteiger partial charge < -0.3 is 5.32 Å². The summed E-state index contributed by atoms with van der Waals surface area (Å²) in [7, 11) is 0. The Hall–Kier alpha value is -1.13. The van der Waals surface area contributed by atoms with E-state index >= 15 is 0 Å². The molecule has 2 aliphatic rings. The molecule has 1 N–H and O–H groups in total. The Kier molecular flexibility index (Phi) is 3.23. The first-order valence-corrected chi connectivity index (χ1v) is 7.25. The summed E-state index contributed by atoms with van der Waals surface area (Å²) in [4.78, 5) is 14.0. The van der Waals surface area contributed by atoms with Gasteiger partial charge in [-0.3, -0.25) is 9.69 Å². The van der Waals surface area contributed by atoms with E-state index in [0.29, 0.717) is 16.1 Å². The van der Waals surface area contributed by atoms with Crippen molar-refractivity contribution in [3.05, 3.63) is 34.9 Å². The summed E-state index contributed by atoms with van der Waals surface area (Å²) in [6, 6.07) is 7.55. The van der Waals surface area contributed by atoms with Crippen LogP contribution in [0.25, 0.3) is 0 Å². The van der Waals surface area contributed by atoms with Gasteiger partial charge in [-0.05, 0) is 55.6 Å². The molecule has 19 heavy (non-hydrogen) atoms. The van der Waals surface area contributed by atoms with Crippen molar-refractivity contribution in [2.24, 2.45) is 5.92 Å². The Balaban J connectivity index is 1.95. The zero-order valence-electron chi connectivity index (χ0n) is 10.6. The van der Waals surface area contributed by atoms with E-state index in [0.717, 1.165) is 18.4 Å². The Bertz CT molecular complexity index is 527. The quantitative estimate of drug-likeness (QED) is 0.870. The molecule has 0 aromatic heterocycles. The third-order valence-corrected chi connectivity index (χ3v) is 4.29. The number of amides is 1. The van der Waals surface area contributed by atoms with Crippen LogP contribution in [0.4, 0.5) is 0 Å². The molecule has 1 amide bonds. The van der Waals surface area contributed by atoms with E-state index in [1.54, 1.807) is 4.90 Å². The molecule has 2 fully saturated rings. The van der Waals surface area contributed by atoms with E-state index in [1.165, 1.54) is 0 Å². The minimum absolute atomic E-state index is 0.0507. The lowest BCUT2D eigenvalue weighted by Gasteiger charge is -2.27. The number of hydrogen-bond donors (Lipinski definition) is 1. The highest BCUT2D eigenvalue weighted by atomic mass is 35.5. The smallest absolute Gasteiger partial charge is 0.251 e. The summed E-state index contributed by atoms with van der Waals surface area (Å²) in [6.07, 6.45) is 2.29. The third-order valence-electron chi connectivity index (χ3n) is 3.72.